The van der Waals surface area contributed by atoms with Crippen LogP contribution in [0.4, 0.5) is 17.5 Å². The summed E-state index contributed by atoms with van der Waals surface area (Å²) in [6.45, 7) is 0.605. The number of methoxy groups -OCH3 is 2. The average Bonchev–Trinajstić information content (AvgIpc) is 2.67. The second-order valence-electron chi connectivity index (χ2n) is 5.44. The lowest BCUT2D eigenvalue weighted by atomic mass is 10.2. The van der Waals surface area contributed by atoms with Crippen molar-refractivity contribution in [2.45, 2.75) is 6.54 Å². The monoisotopic (exact) mass is 370 g/mol. The number of rotatable bonds is 7. The molecule has 0 saturated carbocycles. The van der Waals surface area contributed by atoms with E-state index in [4.69, 9.17) is 21.1 Å². The maximum Gasteiger partial charge on any atom is 0.224 e. The zero-order chi connectivity index (χ0) is 18.4. The van der Waals surface area contributed by atoms with Gasteiger partial charge in [-0.15, -0.1) is 0 Å². The van der Waals surface area contributed by atoms with Gasteiger partial charge in [-0.1, -0.05) is 23.7 Å². The molecule has 26 heavy (non-hydrogen) atoms. The minimum atomic E-state index is 0.520. The van der Waals surface area contributed by atoms with E-state index in [1.807, 2.05) is 24.3 Å². The fourth-order valence-electron chi connectivity index (χ4n) is 2.35. The summed E-state index contributed by atoms with van der Waals surface area (Å²) in [5.74, 6) is 2.66. The lowest BCUT2D eigenvalue weighted by Gasteiger charge is -2.12. The van der Waals surface area contributed by atoms with Gasteiger partial charge in [0, 0.05) is 17.8 Å². The fourth-order valence-corrected chi connectivity index (χ4v) is 2.53. The maximum atomic E-state index is 6.06. The Morgan fingerprint density at radius 3 is 2.54 bits per heavy atom. The molecule has 0 fully saturated rings. The standard InChI is InChI=1S/C19H19ClN4O2/c1-25-15-6-3-13(4-7-15)12-22-19-21-10-9-18(24-19)23-16-11-14(20)5-8-17(16)26-2/h3-11H,12H2,1-2H3,(H2,21,22,23,24). The van der Waals surface area contributed by atoms with E-state index in [1.165, 1.54) is 0 Å². The Hall–Kier alpha value is -2.99. The molecule has 2 N–H and O–H groups in total. The minimum absolute atomic E-state index is 0.520. The van der Waals surface area contributed by atoms with E-state index in [1.54, 1.807) is 44.7 Å². The number of anilines is 3. The van der Waals surface area contributed by atoms with Gasteiger partial charge in [0.1, 0.15) is 17.3 Å². The first-order valence-corrected chi connectivity index (χ1v) is 8.36. The lowest BCUT2D eigenvalue weighted by Crippen LogP contribution is -2.05. The van der Waals surface area contributed by atoms with Crippen LogP contribution in [0.1, 0.15) is 5.56 Å². The van der Waals surface area contributed by atoms with Crippen molar-refractivity contribution in [1.29, 1.82) is 0 Å². The van der Waals surface area contributed by atoms with Crippen LogP contribution in [0.5, 0.6) is 11.5 Å². The van der Waals surface area contributed by atoms with E-state index < -0.39 is 0 Å². The van der Waals surface area contributed by atoms with Gasteiger partial charge in [-0.25, -0.2) is 4.98 Å². The first-order valence-electron chi connectivity index (χ1n) is 7.98. The van der Waals surface area contributed by atoms with E-state index >= 15 is 0 Å². The molecule has 3 aromatic rings. The van der Waals surface area contributed by atoms with Gasteiger partial charge in [0.05, 0.1) is 19.9 Å². The Morgan fingerprint density at radius 2 is 1.81 bits per heavy atom. The van der Waals surface area contributed by atoms with E-state index in [0.29, 0.717) is 29.1 Å². The highest BCUT2D eigenvalue weighted by Crippen LogP contribution is 2.30. The van der Waals surface area contributed by atoms with Gasteiger partial charge < -0.3 is 20.1 Å². The summed E-state index contributed by atoms with van der Waals surface area (Å²) in [5.41, 5.74) is 1.84. The predicted octanol–water partition coefficient (Wildman–Crippen LogP) is 4.50. The van der Waals surface area contributed by atoms with Crippen molar-refractivity contribution in [1.82, 2.24) is 9.97 Å². The highest BCUT2D eigenvalue weighted by molar-refractivity contribution is 6.31. The Kier molecular flexibility index (Phi) is 5.76. The molecule has 2 aromatic carbocycles. The van der Waals surface area contributed by atoms with E-state index in [9.17, 15) is 0 Å². The molecule has 0 unspecified atom stereocenters. The van der Waals surface area contributed by atoms with Crippen molar-refractivity contribution < 1.29 is 9.47 Å². The van der Waals surface area contributed by atoms with Crippen molar-refractivity contribution in [2.24, 2.45) is 0 Å². The first-order chi connectivity index (χ1) is 12.7. The molecule has 0 aliphatic carbocycles. The number of benzene rings is 2. The topological polar surface area (TPSA) is 68.3 Å². The molecular weight excluding hydrogens is 352 g/mol. The van der Waals surface area contributed by atoms with E-state index in [0.717, 1.165) is 17.0 Å². The first kappa shape index (κ1) is 17.8. The normalized spacial score (nSPS) is 10.3. The van der Waals surface area contributed by atoms with Crippen LogP contribution in [-0.4, -0.2) is 24.2 Å². The van der Waals surface area contributed by atoms with E-state index in [2.05, 4.69) is 20.6 Å². The minimum Gasteiger partial charge on any atom is -0.497 e. The van der Waals surface area contributed by atoms with Gasteiger partial charge in [0.2, 0.25) is 5.95 Å². The molecule has 0 saturated heterocycles. The van der Waals surface area contributed by atoms with Crippen LogP contribution in [0.2, 0.25) is 5.02 Å². The zero-order valence-corrected chi connectivity index (χ0v) is 15.2. The summed E-state index contributed by atoms with van der Waals surface area (Å²) in [6, 6.07) is 15.0. The second kappa shape index (κ2) is 8.40. The second-order valence-corrected chi connectivity index (χ2v) is 5.87. The molecular formula is C19H19ClN4O2. The van der Waals surface area contributed by atoms with Crippen molar-refractivity contribution in [2.75, 3.05) is 24.9 Å². The van der Waals surface area contributed by atoms with Gasteiger partial charge in [-0.3, -0.25) is 0 Å². The number of nitrogens with one attached hydrogen (secondary N) is 2. The van der Waals surface area contributed by atoms with Crippen molar-refractivity contribution in [3.63, 3.8) is 0 Å². The summed E-state index contributed by atoms with van der Waals surface area (Å²) in [4.78, 5) is 8.71. The SMILES string of the molecule is COc1ccc(CNc2nccc(Nc3cc(Cl)ccc3OC)n2)cc1. The molecule has 0 aliphatic heterocycles. The van der Waals surface area contributed by atoms with Crippen LogP contribution >= 0.6 is 11.6 Å². The summed E-state index contributed by atoms with van der Waals surface area (Å²) in [6.07, 6.45) is 1.68. The molecule has 3 rings (SSSR count). The zero-order valence-electron chi connectivity index (χ0n) is 14.5. The molecule has 1 aromatic heterocycles. The Balaban J connectivity index is 1.69. The van der Waals surface area contributed by atoms with Crippen LogP contribution in [0.15, 0.2) is 54.7 Å². The van der Waals surface area contributed by atoms with Crippen molar-refractivity contribution in [3.05, 3.63) is 65.3 Å². The molecule has 134 valence electrons. The van der Waals surface area contributed by atoms with Crippen molar-refractivity contribution in [3.8, 4) is 11.5 Å². The molecule has 1 heterocycles. The van der Waals surface area contributed by atoms with Gasteiger partial charge >= 0.3 is 0 Å². The molecule has 0 bridgehead atoms. The number of ether oxygens (including phenoxy) is 2. The molecule has 0 radical (unpaired) electrons. The summed E-state index contributed by atoms with van der Waals surface area (Å²) in [7, 11) is 3.25. The van der Waals surface area contributed by atoms with E-state index in [-0.39, 0.29) is 0 Å². The van der Waals surface area contributed by atoms with Crippen LogP contribution in [0.25, 0.3) is 0 Å². The van der Waals surface area contributed by atoms with Crippen molar-refractivity contribution >= 4 is 29.1 Å². The third kappa shape index (κ3) is 4.55. The molecule has 0 spiro atoms. The Labute approximate surface area is 157 Å². The number of nitrogens with zero attached hydrogens (tertiary/aromatic N) is 2. The fraction of sp³-hybridized carbons (Fsp3) is 0.158. The van der Waals surface area contributed by atoms with Crippen LogP contribution in [0.3, 0.4) is 0 Å². The molecule has 6 nitrogen and oxygen atoms in total. The highest BCUT2D eigenvalue weighted by atomic mass is 35.5. The Morgan fingerprint density at radius 1 is 1.00 bits per heavy atom. The third-order valence-corrected chi connectivity index (χ3v) is 3.92. The summed E-state index contributed by atoms with van der Waals surface area (Å²) < 4.78 is 10.5. The Bertz CT molecular complexity index is 872. The van der Waals surface area contributed by atoms with Gasteiger partial charge in [-0.2, -0.15) is 4.98 Å². The largest absolute Gasteiger partial charge is 0.497 e. The van der Waals surface area contributed by atoms with Crippen LogP contribution in [-0.2, 0) is 6.54 Å². The molecule has 0 atom stereocenters. The number of halogens is 1. The molecule has 0 aliphatic rings. The third-order valence-electron chi connectivity index (χ3n) is 3.69. The van der Waals surface area contributed by atoms with Crippen LogP contribution < -0.4 is 20.1 Å². The number of aromatic nitrogens is 2. The smallest absolute Gasteiger partial charge is 0.224 e. The maximum absolute atomic E-state index is 6.06. The lowest BCUT2D eigenvalue weighted by molar-refractivity contribution is 0.414. The van der Waals surface area contributed by atoms with Gasteiger partial charge in [0.15, 0.2) is 0 Å². The number of hydrogen-bond acceptors (Lipinski definition) is 6. The quantitative estimate of drug-likeness (QED) is 0.638. The highest BCUT2D eigenvalue weighted by Gasteiger charge is 2.06. The summed E-state index contributed by atoms with van der Waals surface area (Å²) in [5, 5.41) is 7.02. The summed E-state index contributed by atoms with van der Waals surface area (Å²) >= 11 is 6.06. The molecule has 0 amide bonds. The predicted molar refractivity (Wildman–Crippen MR) is 104 cm³/mol. The molecule has 7 heteroatoms. The number of hydrogen-bond donors (Lipinski definition) is 2. The van der Waals surface area contributed by atoms with Crippen LogP contribution in [0, 0.1) is 0 Å². The van der Waals surface area contributed by atoms with Gasteiger partial charge in [-0.05, 0) is 42.0 Å². The average molecular weight is 371 g/mol. The van der Waals surface area contributed by atoms with Gasteiger partial charge in [0.25, 0.3) is 0 Å².